The second kappa shape index (κ2) is 7.12. The van der Waals surface area contributed by atoms with Crippen molar-refractivity contribution in [2.75, 3.05) is 32.7 Å². The van der Waals surface area contributed by atoms with E-state index in [0.717, 1.165) is 30.2 Å². The number of hydrogen-bond acceptors (Lipinski definition) is 5. The van der Waals surface area contributed by atoms with Crippen LogP contribution in [-0.4, -0.2) is 73.0 Å². The maximum absolute atomic E-state index is 12.8. The van der Waals surface area contributed by atoms with Crippen LogP contribution >= 0.6 is 0 Å². The van der Waals surface area contributed by atoms with Gasteiger partial charge in [0.1, 0.15) is 4.90 Å². The van der Waals surface area contributed by atoms with Gasteiger partial charge >= 0.3 is 0 Å². The summed E-state index contributed by atoms with van der Waals surface area (Å²) in [5, 5.41) is 0. The largest absolute Gasteiger partial charge is 0.342 e. The third-order valence-electron chi connectivity index (χ3n) is 6.24. The fourth-order valence-corrected chi connectivity index (χ4v) is 6.22. The Morgan fingerprint density at radius 1 is 1.10 bits per heavy atom. The van der Waals surface area contributed by atoms with Gasteiger partial charge < -0.3 is 9.80 Å². The van der Waals surface area contributed by atoms with Crippen molar-refractivity contribution in [1.82, 2.24) is 14.1 Å². The topological polar surface area (TPSA) is 95.1 Å². The third-order valence-corrected chi connectivity index (χ3v) is 8.08. The molecule has 3 aliphatic rings. The van der Waals surface area contributed by atoms with E-state index in [4.69, 9.17) is 0 Å². The molecule has 29 heavy (non-hydrogen) atoms. The SMILES string of the molecule is CCCN1CCC2(CCN(C(=O)CCN3C(=O)c4ccccc4S3(=O)=O)C2)C1=O. The zero-order valence-corrected chi connectivity index (χ0v) is 17.3. The standard InChI is InChI=1S/C20H25N3O5S/c1-2-10-21-12-8-20(19(21)26)9-13-22(14-20)17(24)7-11-23-18(25)15-5-3-4-6-16(15)29(23,27)28/h3-6H,2,7-14H2,1H3. The number of nitrogens with zero attached hydrogens (tertiary/aromatic N) is 3. The highest BCUT2D eigenvalue weighted by molar-refractivity contribution is 7.90. The predicted octanol–water partition coefficient (Wildman–Crippen LogP) is 1.08. The minimum atomic E-state index is -3.91. The Hall–Kier alpha value is -2.42. The van der Waals surface area contributed by atoms with E-state index < -0.39 is 21.3 Å². The highest BCUT2D eigenvalue weighted by Crippen LogP contribution is 2.41. The van der Waals surface area contributed by atoms with Crippen LogP contribution in [-0.2, 0) is 19.6 Å². The van der Waals surface area contributed by atoms with Crippen LogP contribution in [0.5, 0.6) is 0 Å². The van der Waals surface area contributed by atoms with Gasteiger partial charge in [-0.15, -0.1) is 0 Å². The molecule has 0 aliphatic carbocycles. The van der Waals surface area contributed by atoms with E-state index in [2.05, 4.69) is 0 Å². The quantitative estimate of drug-likeness (QED) is 0.712. The average molecular weight is 420 g/mol. The van der Waals surface area contributed by atoms with E-state index in [9.17, 15) is 22.8 Å². The molecule has 1 unspecified atom stereocenters. The van der Waals surface area contributed by atoms with Gasteiger partial charge in [-0.2, -0.15) is 0 Å². The van der Waals surface area contributed by atoms with Gasteiger partial charge in [-0.25, -0.2) is 12.7 Å². The van der Waals surface area contributed by atoms with E-state index in [1.54, 1.807) is 17.0 Å². The summed E-state index contributed by atoms with van der Waals surface area (Å²) in [6, 6.07) is 6.07. The maximum atomic E-state index is 12.8. The van der Waals surface area contributed by atoms with Crippen LogP contribution < -0.4 is 0 Å². The zero-order valence-electron chi connectivity index (χ0n) is 16.5. The van der Waals surface area contributed by atoms with Crippen molar-refractivity contribution in [3.63, 3.8) is 0 Å². The Labute approximate surface area is 170 Å². The van der Waals surface area contributed by atoms with Crippen molar-refractivity contribution in [3.05, 3.63) is 29.8 Å². The maximum Gasteiger partial charge on any atom is 0.269 e. The summed E-state index contributed by atoms with van der Waals surface area (Å²) in [4.78, 5) is 41.5. The second-order valence-electron chi connectivity index (χ2n) is 8.02. The molecule has 0 aromatic heterocycles. The van der Waals surface area contributed by atoms with Gasteiger partial charge in [-0.1, -0.05) is 19.1 Å². The van der Waals surface area contributed by atoms with E-state index in [1.165, 1.54) is 12.1 Å². The summed E-state index contributed by atoms with van der Waals surface area (Å²) in [6.07, 6.45) is 2.22. The summed E-state index contributed by atoms with van der Waals surface area (Å²) in [5.74, 6) is -0.683. The summed E-state index contributed by atoms with van der Waals surface area (Å²) in [6.45, 7) is 4.19. The fraction of sp³-hybridized carbons (Fsp3) is 0.550. The Morgan fingerprint density at radius 2 is 1.83 bits per heavy atom. The number of carbonyl (C=O) groups is 3. The van der Waals surface area contributed by atoms with Crippen LogP contribution in [0.2, 0.25) is 0 Å². The lowest BCUT2D eigenvalue weighted by Gasteiger charge is -2.24. The smallest absolute Gasteiger partial charge is 0.269 e. The molecule has 0 bridgehead atoms. The molecular formula is C20H25N3O5S. The van der Waals surface area contributed by atoms with Gasteiger partial charge in [0.15, 0.2) is 0 Å². The molecule has 1 aromatic carbocycles. The van der Waals surface area contributed by atoms with Gasteiger partial charge in [-0.05, 0) is 31.4 Å². The number of sulfonamides is 1. The molecule has 0 radical (unpaired) electrons. The monoisotopic (exact) mass is 419 g/mol. The van der Waals surface area contributed by atoms with Crippen molar-refractivity contribution < 1.29 is 22.8 Å². The van der Waals surface area contributed by atoms with Gasteiger partial charge in [0, 0.05) is 39.1 Å². The number of likely N-dealkylation sites (tertiary alicyclic amines) is 2. The molecule has 8 nitrogen and oxygen atoms in total. The third kappa shape index (κ3) is 3.11. The van der Waals surface area contributed by atoms with Crippen molar-refractivity contribution in [1.29, 1.82) is 0 Å². The zero-order chi connectivity index (χ0) is 20.8. The van der Waals surface area contributed by atoms with Crippen LogP contribution in [0.25, 0.3) is 0 Å². The fourth-order valence-electron chi connectivity index (χ4n) is 4.65. The summed E-state index contributed by atoms with van der Waals surface area (Å²) in [7, 11) is -3.91. The molecule has 4 rings (SSSR count). The lowest BCUT2D eigenvalue weighted by molar-refractivity contribution is -0.136. The van der Waals surface area contributed by atoms with Gasteiger partial charge in [0.05, 0.1) is 11.0 Å². The molecule has 0 N–H and O–H groups in total. The van der Waals surface area contributed by atoms with Gasteiger partial charge in [-0.3, -0.25) is 14.4 Å². The molecule has 1 spiro atoms. The molecular weight excluding hydrogens is 394 g/mol. The number of amides is 3. The van der Waals surface area contributed by atoms with E-state index in [1.807, 2.05) is 11.8 Å². The minimum absolute atomic E-state index is 0.00913. The van der Waals surface area contributed by atoms with Gasteiger partial charge in [0.2, 0.25) is 11.8 Å². The lowest BCUT2D eigenvalue weighted by atomic mass is 9.85. The van der Waals surface area contributed by atoms with Crippen LogP contribution in [0.1, 0.15) is 43.0 Å². The minimum Gasteiger partial charge on any atom is -0.342 e. The van der Waals surface area contributed by atoms with Crippen molar-refractivity contribution in [3.8, 4) is 0 Å². The van der Waals surface area contributed by atoms with E-state index >= 15 is 0 Å². The molecule has 1 atom stereocenters. The molecule has 3 amide bonds. The number of benzene rings is 1. The van der Waals surface area contributed by atoms with Crippen LogP contribution in [0, 0.1) is 5.41 Å². The van der Waals surface area contributed by atoms with E-state index in [0.29, 0.717) is 19.5 Å². The van der Waals surface area contributed by atoms with E-state index in [-0.39, 0.29) is 35.2 Å². The molecule has 0 saturated carbocycles. The number of rotatable bonds is 5. The highest BCUT2D eigenvalue weighted by atomic mass is 32.2. The molecule has 2 saturated heterocycles. The first-order valence-corrected chi connectivity index (χ1v) is 11.5. The predicted molar refractivity (Wildman–Crippen MR) is 104 cm³/mol. The van der Waals surface area contributed by atoms with Crippen molar-refractivity contribution in [2.45, 2.75) is 37.5 Å². The molecule has 2 fully saturated rings. The number of carbonyl (C=O) groups excluding carboxylic acids is 3. The van der Waals surface area contributed by atoms with Crippen LogP contribution in [0.15, 0.2) is 29.2 Å². The van der Waals surface area contributed by atoms with Gasteiger partial charge in [0.25, 0.3) is 15.9 Å². The molecule has 9 heteroatoms. The molecule has 156 valence electrons. The lowest BCUT2D eigenvalue weighted by Crippen LogP contribution is -2.39. The first-order chi connectivity index (χ1) is 13.8. The Kier molecular flexibility index (Phi) is 4.88. The summed E-state index contributed by atoms with van der Waals surface area (Å²) < 4.78 is 26.0. The normalized spacial score (nSPS) is 25.3. The average Bonchev–Trinajstić information content (AvgIpc) is 3.33. The Morgan fingerprint density at radius 3 is 2.55 bits per heavy atom. The van der Waals surface area contributed by atoms with Crippen molar-refractivity contribution in [2.24, 2.45) is 5.41 Å². The number of fused-ring (bicyclic) bond motifs is 1. The van der Waals surface area contributed by atoms with Crippen LogP contribution in [0.4, 0.5) is 0 Å². The first-order valence-electron chi connectivity index (χ1n) is 10.0. The second-order valence-corrected chi connectivity index (χ2v) is 9.85. The number of hydrogen-bond donors (Lipinski definition) is 0. The molecule has 1 aromatic rings. The van der Waals surface area contributed by atoms with Crippen molar-refractivity contribution >= 4 is 27.7 Å². The molecule has 3 aliphatic heterocycles. The first kappa shape index (κ1) is 19.9. The summed E-state index contributed by atoms with van der Waals surface area (Å²) in [5.41, 5.74) is -0.344. The highest BCUT2D eigenvalue weighted by Gasteiger charge is 2.51. The van der Waals surface area contributed by atoms with Crippen LogP contribution in [0.3, 0.4) is 0 Å². The summed E-state index contributed by atoms with van der Waals surface area (Å²) >= 11 is 0. The Bertz CT molecular complexity index is 976. The Balaban J connectivity index is 1.39. The molecule has 3 heterocycles.